The highest BCUT2D eigenvalue weighted by molar-refractivity contribution is 8.03. The van der Waals surface area contributed by atoms with Gasteiger partial charge in [0, 0.05) is 10.8 Å². The van der Waals surface area contributed by atoms with Gasteiger partial charge in [0.1, 0.15) is 11.8 Å². The molecule has 2 atom stereocenters. The van der Waals surface area contributed by atoms with Gasteiger partial charge in [-0.2, -0.15) is 21.0 Å². The third-order valence-corrected chi connectivity index (χ3v) is 10.7. The molecule has 2 heterocycles. The van der Waals surface area contributed by atoms with Crippen molar-refractivity contribution in [3.63, 3.8) is 0 Å². The Labute approximate surface area is 232 Å². The lowest BCUT2D eigenvalue weighted by molar-refractivity contribution is -0.127. The minimum Gasteiger partial charge on any atom is -0.319 e. The summed E-state index contributed by atoms with van der Waals surface area (Å²) >= 11 is 2.93. The normalized spacial score (nSPS) is 26.1. The second-order valence-corrected chi connectivity index (χ2v) is 12.8. The van der Waals surface area contributed by atoms with E-state index in [1.807, 2.05) is 0 Å². The molecule has 0 radical (unpaired) electrons. The smallest absolute Gasteiger partial charge is 0.243 e. The summed E-state index contributed by atoms with van der Waals surface area (Å²) in [7, 11) is 0. The molecule has 2 aliphatic heterocycles. The summed E-state index contributed by atoms with van der Waals surface area (Å²) in [6.07, 6.45) is 10.2. The molecule has 0 unspecified atom stereocenters. The molecule has 0 saturated heterocycles. The highest BCUT2D eigenvalue weighted by Crippen LogP contribution is 2.53. The van der Waals surface area contributed by atoms with E-state index in [-0.39, 0.29) is 11.8 Å². The van der Waals surface area contributed by atoms with Gasteiger partial charge in [-0.25, -0.2) is 0 Å². The fourth-order valence-corrected chi connectivity index (χ4v) is 8.87. The van der Waals surface area contributed by atoms with Gasteiger partial charge in [0.05, 0.1) is 45.5 Å². The quantitative estimate of drug-likeness (QED) is 0.414. The Balaban J connectivity index is 1.38. The van der Waals surface area contributed by atoms with Gasteiger partial charge in [-0.1, -0.05) is 38.5 Å². The van der Waals surface area contributed by atoms with E-state index in [9.17, 15) is 30.6 Å². The average molecular weight is 549 g/mol. The van der Waals surface area contributed by atoms with Crippen LogP contribution in [0.15, 0.2) is 21.2 Å². The van der Waals surface area contributed by atoms with Crippen LogP contribution in [-0.4, -0.2) is 23.3 Å². The molecule has 2 fully saturated rings. The number of nitriles is 4. The summed E-state index contributed by atoms with van der Waals surface area (Å²) in [5.74, 6) is -0.846. The Kier molecular flexibility index (Phi) is 9.09. The van der Waals surface area contributed by atoms with E-state index in [1.165, 1.54) is 23.5 Å². The van der Waals surface area contributed by atoms with Gasteiger partial charge in [0.25, 0.3) is 0 Å². The minimum atomic E-state index is -0.820. The predicted molar refractivity (Wildman–Crippen MR) is 145 cm³/mol. The van der Waals surface area contributed by atoms with Gasteiger partial charge in [-0.3, -0.25) is 9.59 Å². The first-order valence-corrected chi connectivity index (χ1v) is 15.4. The van der Waals surface area contributed by atoms with Crippen LogP contribution in [0.2, 0.25) is 0 Å². The first-order valence-electron chi connectivity index (χ1n) is 13.4. The van der Waals surface area contributed by atoms with Crippen molar-refractivity contribution in [2.45, 2.75) is 77.0 Å². The molecule has 0 aromatic carbocycles. The monoisotopic (exact) mass is 548 g/mol. The zero-order valence-corrected chi connectivity index (χ0v) is 23.1. The van der Waals surface area contributed by atoms with Gasteiger partial charge in [-0.05, 0) is 50.0 Å². The van der Waals surface area contributed by atoms with Crippen LogP contribution >= 0.6 is 23.5 Å². The van der Waals surface area contributed by atoms with Crippen molar-refractivity contribution in [3.8, 4) is 24.3 Å². The number of hydrogen-bond donors (Lipinski definition) is 2. The average Bonchev–Trinajstić information content (AvgIpc) is 2.92. The van der Waals surface area contributed by atoms with Crippen LogP contribution in [0.4, 0.5) is 0 Å². The molecule has 8 nitrogen and oxygen atoms in total. The third kappa shape index (κ3) is 5.05. The third-order valence-electron chi connectivity index (χ3n) is 8.56. The topological polar surface area (TPSA) is 153 Å². The fraction of sp³-hybridized carbons (Fsp3) is 0.643. The minimum absolute atomic E-state index is 0.303. The molecule has 4 aliphatic rings. The number of hydrogen-bond acceptors (Lipinski definition) is 8. The van der Waals surface area contributed by atoms with Crippen molar-refractivity contribution in [3.05, 3.63) is 21.2 Å². The number of rotatable bonds is 7. The van der Waals surface area contributed by atoms with Crippen LogP contribution in [-0.2, 0) is 9.59 Å². The number of nitrogens with one attached hydrogen (secondary N) is 2. The lowest BCUT2D eigenvalue weighted by atomic mass is 9.61. The molecule has 38 heavy (non-hydrogen) atoms. The molecule has 0 aromatic rings. The SMILES string of the molecule is N#CC1=C(SCCCCSC2=C(C#N)C3(CCCCC3)[C@@H](C#N)C(=O)N2)NC(=O)[C@H](C#N)C12CCCCC2. The first-order chi connectivity index (χ1) is 18.5. The molecule has 2 spiro atoms. The standard InChI is InChI=1S/C28H32N6O2S2/c29-15-19-23(35)33-25(21(17-31)27(19)9-3-1-4-10-27)37-13-7-8-14-38-26-22(18-32)28(11-5-2-6-12-28)20(16-30)24(36)34-26/h19-20H,1-14H2,(H,33,35)(H,34,36)/t19-,20-/m0/s1. The Morgan fingerprint density at radius 3 is 1.34 bits per heavy atom. The summed E-state index contributed by atoms with van der Waals surface area (Å²) in [6.45, 7) is 0. The van der Waals surface area contributed by atoms with E-state index in [4.69, 9.17) is 0 Å². The number of carbonyl (C=O) groups excluding carboxylic acids is 2. The maximum Gasteiger partial charge on any atom is 0.243 e. The summed E-state index contributed by atoms with van der Waals surface area (Å²) in [6, 6.07) is 9.01. The van der Waals surface area contributed by atoms with Gasteiger partial charge < -0.3 is 10.6 Å². The van der Waals surface area contributed by atoms with Crippen molar-refractivity contribution in [1.82, 2.24) is 10.6 Å². The van der Waals surface area contributed by atoms with Gasteiger partial charge in [-0.15, -0.1) is 23.5 Å². The van der Waals surface area contributed by atoms with Gasteiger partial charge >= 0.3 is 0 Å². The van der Waals surface area contributed by atoms with Crippen LogP contribution < -0.4 is 10.6 Å². The van der Waals surface area contributed by atoms with Crippen molar-refractivity contribution in [2.75, 3.05) is 11.5 Å². The highest BCUT2D eigenvalue weighted by Gasteiger charge is 2.52. The molecule has 0 aromatic heterocycles. The highest BCUT2D eigenvalue weighted by atomic mass is 32.2. The Morgan fingerprint density at radius 1 is 0.658 bits per heavy atom. The first kappa shape index (κ1) is 28.1. The summed E-state index contributed by atoms with van der Waals surface area (Å²) in [4.78, 5) is 25.5. The van der Waals surface area contributed by atoms with E-state index in [1.54, 1.807) is 0 Å². The maximum absolute atomic E-state index is 12.8. The van der Waals surface area contributed by atoms with Crippen LogP contribution in [0.5, 0.6) is 0 Å². The molecule has 2 aliphatic carbocycles. The zero-order chi connectivity index (χ0) is 27.2. The second-order valence-electron chi connectivity index (χ2n) is 10.6. The summed E-state index contributed by atoms with van der Waals surface area (Å²) in [5.41, 5.74) is -0.224. The van der Waals surface area contributed by atoms with E-state index in [2.05, 4.69) is 34.9 Å². The van der Waals surface area contributed by atoms with Crippen molar-refractivity contribution < 1.29 is 9.59 Å². The van der Waals surface area contributed by atoms with E-state index < -0.39 is 22.7 Å². The summed E-state index contributed by atoms with van der Waals surface area (Å²) in [5, 5.41) is 46.3. The lowest BCUT2D eigenvalue weighted by Gasteiger charge is -2.43. The number of amides is 2. The molecule has 2 N–H and O–H groups in total. The van der Waals surface area contributed by atoms with E-state index >= 15 is 0 Å². The molecule has 10 heteroatoms. The van der Waals surface area contributed by atoms with E-state index in [0.717, 1.165) is 51.4 Å². The fourth-order valence-electron chi connectivity index (χ4n) is 6.64. The second kappa shape index (κ2) is 12.3. The lowest BCUT2D eigenvalue weighted by Crippen LogP contribution is -2.48. The molecule has 0 bridgehead atoms. The molecular weight excluding hydrogens is 516 g/mol. The zero-order valence-electron chi connectivity index (χ0n) is 21.5. The molecule has 2 saturated carbocycles. The number of carbonyl (C=O) groups is 2. The van der Waals surface area contributed by atoms with Crippen molar-refractivity contribution in [2.24, 2.45) is 22.7 Å². The summed E-state index contributed by atoms with van der Waals surface area (Å²) < 4.78 is 0. The van der Waals surface area contributed by atoms with Crippen LogP contribution in [0.25, 0.3) is 0 Å². The van der Waals surface area contributed by atoms with Crippen LogP contribution in [0, 0.1) is 68.0 Å². The van der Waals surface area contributed by atoms with Crippen LogP contribution in [0.1, 0.15) is 77.0 Å². The number of thioether (sulfide) groups is 2. The molecular formula is C28H32N6O2S2. The number of unbranched alkanes of at least 4 members (excludes halogenated alkanes) is 1. The number of allylic oxidation sites excluding steroid dienone is 2. The molecule has 2 amide bonds. The maximum atomic E-state index is 12.8. The largest absolute Gasteiger partial charge is 0.319 e. The van der Waals surface area contributed by atoms with E-state index in [0.29, 0.717) is 58.4 Å². The van der Waals surface area contributed by atoms with Crippen molar-refractivity contribution >= 4 is 35.3 Å². The predicted octanol–water partition coefficient (Wildman–Crippen LogP) is 5.14. The van der Waals surface area contributed by atoms with Crippen molar-refractivity contribution in [1.29, 1.82) is 21.0 Å². The Morgan fingerprint density at radius 2 is 1.03 bits per heavy atom. The van der Waals surface area contributed by atoms with Gasteiger partial charge in [0.15, 0.2) is 0 Å². The number of nitrogens with zero attached hydrogens (tertiary/aromatic N) is 4. The molecule has 198 valence electrons. The Bertz CT molecular complexity index is 1110. The molecule has 4 rings (SSSR count). The van der Waals surface area contributed by atoms with Crippen LogP contribution in [0.3, 0.4) is 0 Å². The Hall–Kier alpha value is -2.92. The van der Waals surface area contributed by atoms with Gasteiger partial charge in [0.2, 0.25) is 11.8 Å².